The van der Waals surface area contributed by atoms with E-state index in [0.717, 1.165) is 38.2 Å². The second-order valence-corrected chi connectivity index (χ2v) is 4.05. The monoisotopic (exact) mass is 221 g/mol. The highest BCUT2D eigenvalue weighted by Crippen LogP contribution is 2.24. The molecule has 1 aliphatic rings. The first-order valence-electron chi connectivity index (χ1n) is 5.88. The number of nitrogen functional groups attached to an aromatic ring is 1. The highest BCUT2D eigenvalue weighted by Gasteiger charge is 2.20. The van der Waals surface area contributed by atoms with Crippen molar-refractivity contribution in [1.82, 2.24) is 4.98 Å². The van der Waals surface area contributed by atoms with Gasteiger partial charge in [-0.05, 0) is 31.9 Å². The van der Waals surface area contributed by atoms with Crippen LogP contribution in [0.2, 0.25) is 0 Å². The van der Waals surface area contributed by atoms with Crippen molar-refractivity contribution in [3.05, 3.63) is 18.3 Å². The van der Waals surface area contributed by atoms with E-state index in [1.165, 1.54) is 0 Å². The zero-order valence-corrected chi connectivity index (χ0v) is 9.72. The Morgan fingerprint density at radius 3 is 2.88 bits per heavy atom. The third-order valence-electron chi connectivity index (χ3n) is 3.00. The molecule has 1 fully saturated rings. The van der Waals surface area contributed by atoms with Gasteiger partial charge >= 0.3 is 0 Å². The number of pyridine rings is 1. The van der Waals surface area contributed by atoms with Crippen molar-refractivity contribution < 1.29 is 4.74 Å². The minimum atomic E-state index is 0.416. The topological polar surface area (TPSA) is 51.4 Å². The molecule has 0 unspecified atom stereocenters. The lowest BCUT2D eigenvalue weighted by Crippen LogP contribution is -2.37. The van der Waals surface area contributed by atoms with Crippen molar-refractivity contribution in [3.63, 3.8) is 0 Å². The highest BCUT2D eigenvalue weighted by atomic mass is 16.5. The van der Waals surface area contributed by atoms with Crippen LogP contribution in [0, 0.1) is 0 Å². The standard InChI is InChI=1S/C12H19N3O/c1-2-16-10-5-8-15(9-6-10)11-4-3-7-14-12(11)13/h3-4,7,10H,2,5-6,8-9H2,1H3,(H2,13,14). The van der Waals surface area contributed by atoms with Crippen LogP contribution in [0.25, 0.3) is 0 Å². The largest absolute Gasteiger partial charge is 0.382 e. The first-order valence-corrected chi connectivity index (χ1v) is 5.88. The second-order valence-electron chi connectivity index (χ2n) is 4.05. The Kier molecular flexibility index (Phi) is 3.62. The molecule has 4 nitrogen and oxygen atoms in total. The van der Waals surface area contributed by atoms with E-state index in [0.29, 0.717) is 11.9 Å². The fraction of sp³-hybridized carbons (Fsp3) is 0.583. The third-order valence-corrected chi connectivity index (χ3v) is 3.00. The van der Waals surface area contributed by atoms with Crippen molar-refractivity contribution in [2.45, 2.75) is 25.9 Å². The molecule has 0 spiro atoms. The van der Waals surface area contributed by atoms with E-state index in [2.05, 4.69) is 9.88 Å². The van der Waals surface area contributed by atoms with Crippen LogP contribution >= 0.6 is 0 Å². The molecule has 16 heavy (non-hydrogen) atoms. The Morgan fingerprint density at radius 2 is 2.25 bits per heavy atom. The van der Waals surface area contributed by atoms with Crippen LogP contribution in [-0.2, 0) is 4.74 Å². The van der Waals surface area contributed by atoms with Crippen molar-refractivity contribution >= 4 is 11.5 Å². The molecular formula is C12H19N3O. The van der Waals surface area contributed by atoms with Gasteiger partial charge in [0.2, 0.25) is 0 Å². The molecule has 0 radical (unpaired) electrons. The lowest BCUT2D eigenvalue weighted by Gasteiger charge is -2.33. The summed E-state index contributed by atoms with van der Waals surface area (Å²) in [6, 6.07) is 3.96. The van der Waals surface area contributed by atoms with Gasteiger partial charge < -0.3 is 15.4 Å². The van der Waals surface area contributed by atoms with Gasteiger partial charge in [-0.3, -0.25) is 0 Å². The maximum Gasteiger partial charge on any atom is 0.146 e. The van der Waals surface area contributed by atoms with Gasteiger partial charge in [0.05, 0.1) is 11.8 Å². The van der Waals surface area contributed by atoms with E-state index in [1.807, 2.05) is 19.1 Å². The fourth-order valence-electron chi connectivity index (χ4n) is 2.18. The van der Waals surface area contributed by atoms with Gasteiger partial charge in [0.25, 0.3) is 0 Å². The highest BCUT2D eigenvalue weighted by molar-refractivity contribution is 5.63. The molecule has 4 heteroatoms. The van der Waals surface area contributed by atoms with Crippen molar-refractivity contribution in [3.8, 4) is 0 Å². The Bertz CT molecular complexity index is 335. The zero-order chi connectivity index (χ0) is 11.4. The maximum atomic E-state index is 5.86. The SMILES string of the molecule is CCOC1CCN(c2cccnc2N)CC1. The van der Waals surface area contributed by atoms with Crippen LogP contribution in [0.1, 0.15) is 19.8 Å². The van der Waals surface area contributed by atoms with Crippen molar-refractivity contribution in [2.24, 2.45) is 0 Å². The lowest BCUT2D eigenvalue weighted by atomic mass is 10.1. The molecular weight excluding hydrogens is 202 g/mol. The maximum absolute atomic E-state index is 5.86. The first kappa shape index (κ1) is 11.2. The predicted molar refractivity (Wildman–Crippen MR) is 65.5 cm³/mol. The van der Waals surface area contributed by atoms with Gasteiger partial charge in [-0.15, -0.1) is 0 Å². The van der Waals surface area contributed by atoms with Crippen LogP contribution in [0.3, 0.4) is 0 Å². The van der Waals surface area contributed by atoms with Crippen molar-refractivity contribution in [1.29, 1.82) is 0 Å². The number of nitrogens with two attached hydrogens (primary N) is 1. The number of anilines is 2. The van der Waals surface area contributed by atoms with Gasteiger partial charge in [0.1, 0.15) is 5.82 Å². The molecule has 1 saturated heterocycles. The van der Waals surface area contributed by atoms with Crippen molar-refractivity contribution in [2.75, 3.05) is 30.3 Å². The van der Waals surface area contributed by atoms with Crippen LogP contribution in [-0.4, -0.2) is 30.8 Å². The normalized spacial score (nSPS) is 17.7. The number of hydrogen-bond donors (Lipinski definition) is 1. The van der Waals surface area contributed by atoms with E-state index in [4.69, 9.17) is 10.5 Å². The molecule has 1 aliphatic heterocycles. The van der Waals surface area contributed by atoms with Crippen LogP contribution < -0.4 is 10.6 Å². The molecule has 88 valence electrons. The Morgan fingerprint density at radius 1 is 1.50 bits per heavy atom. The predicted octanol–water partition coefficient (Wildman–Crippen LogP) is 1.67. The third kappa shape index (κ3) is 2.44. The average molecular weight is 221 g/mol. The van der Waals surface area contributed by atoms with E-state index >= 15 is 0 Å². The van der Waals surface area contributed by atoms with Gasteiger partial charge in [-0.1, -0.05) is 0 Å². The summed E-state index contributed by atoms with van der Waals surface area (Å²) in [5.41, 5.74) is 6.91. The fourth-order valence-corrected chi connectivity index (χ4v) is 2.18. The second kappa shape index (κ2) is 5.16. The van der Waals surface area contributed by atoms with Gasteiger partial charge in [0.15, 0.2) is 0 Å². The minimum absolute atomic E-state index is 0.416. The molecule has 1 aromatic heterocycles. The summed E-state index contributed by atoms with van der Waals surface area (Å²) >= 11 is 0. The smallest absolute Gasteiger partial charge is 0.146 e. The Labute approximate surface area is 96.4 Å². The number of ether oxygens (including phenoxy) is 1. The van der Waals surface area contributed by atoms with Gasteiger partial charge in [-0.25, -0.2) is 4.98 Å². The van der Waals surface area contributed by atoms with Gasteiger partial charge in [0, 0.05) is 25.9 Å². The number of piperidine rings is 1. The molecule has 2 heterocycles. The molecule has 0 amide bonds. The van der Waals surface area contributed by atoms with Crippen LogP contribution in [0.4, 0.5) is 11.5 Å². The number of aromatic nitrogens is 1. The lowest BCUT2D eigenvalue weighted by molar-refractivity contribution is 0.0459. The summed E-state index contributed by atoms with van der Waals surface area (Å²) in [7, 11) is 0. The molecule has 0 atom stereocenters. The van der Waals surface area contributed by atoms with E-state index < -0.39 is 0 Å². The zero-order valence-electron chi connectivity index (χ0n) is 9.72. The molecule has 0 saturated carbocycles. The summed E-state index contributed by atoms with van der Waals surface area (Å²) < 4.78 is 5.62. The van der Waals surface area contributed by atoms with Gasteiger partial charge in [-0.2, -0.15) is 0 Å². The molecule has 2 N–H and O–H groups in total. The quantitative estimate of drug-likeness (QED) is 0.843. The summed E-state index contributed by atoms with van der Waals surface area (Å²) in [6.07, 6.45) is 4.29. The molecule has 2 rings (SSSR count). The molecule has 0 aliphatic carbocycles. The van der Waals surface area contributed by atoms with E-state index in [-0.39, 0.29) is 0 Å². The summed E-state index contributed by atoms with van der Waals surface area (Å²) in [5.74, 6) is 0.623. The van der Waals surface area contributed by atoms with E-state index in [1.54, 1.807) is 6.20 Å². The average Bonchev–Trinajstić information content (AvgIpc) is 2.31. The number of hydrogen-bond acceptors (Lipinski definition) is 4. The first-order chi connectivity index (χ1) is 7.81. The molecule has 1 aromatic rings. The number of nitrogens with zero attached hydrogens (tertiary/aromatic N) is 2. The summed E-state index contributed by atoms with van der Waals surface area (Å²) in [4.78, 5) is 6.40. The van der Waals surface area contributed by atoms with Crippen LogP contribution in [0.5, 0.6) is 0 Å². The Balaban J connectivity index is 1.96. The van der Waals surface area contributed by atoms with Crippen LogP contribution in [0.15, 0.2) is 18.3 Å². The number of rotatable bonds is 3. The Hall–Kier alpha value is -1.29. The van der Waals surface area contributed by atoms with E-state index in [9.17, 15) is 0 Å². The molecule has 0 bridgehead atoms. The minimum Gasteiger partial charge on any atom is -0.382 e. The summed E-state index contributed by atoms with van der Waals surface area (Å²) in [5, 5.41) is 0. The molecule has 0 aromatic carbocycles. The summed E-state index contributed by atoms with van der Waals surface area (Å²) in [6.45, 7) is 4.85.